The number of anilines is 1. The van der Waals surface area contributed by atoms with Gasteiger partial charge in [0.2, 0.25) is 5.91 Å². The van der Waals surface area contributed by atoms with E-state index in [1.54, 1.807) is 54.3 Å². The average molecular weight is 449 g/mol. The molecule has 6 nitrogen and oxygen atoms in total. The van der Waals surface area contributed by atoms with Crippen LogP contribution in [-0.2, 0) is 14.3 Å². The van der Waals surface area contributed by atoms with Crippen LogP contribution < -0.4 is 10.2 Å². The van der Waals surface area contributed by atoms with E-state index in [9.17, 15) is 14.4 Å². The predicted molar refractivity (Wildman–Crippen MR) is 116 cm³/mol. The number of hydrogen-bond donors (Lipinski definition) is 1. The van der Waals surface area contributed by atoms with Crippen LogP contribution in [0.5, 0.6) is 0 Å². The SMILES string of the molecule is CC(OC(=O)c1cccc(N2CCCC2=O)c1)C(=O)NC(C)c1ccc(Cl)cc1Cl. The molecule has 1 N–H and O–H groups in total. The molecule has 3 rings (SSSR count). The monoisotopic (exact) mass is 448 g/mol. The first-order valence-corrected chi connectivity index (χ1v) is 10.4. The summed E-state index contributed by atoms with van der Waals surface area (Å²) in [6.45, 7) is 3.90. The molecule has 0 saturated carbocycles. The van der Waals surface area contributed by atoms with Gasteiger partial charge in [-0.1, -0.05) is 35.3 Å². The molecule has 0 radical (unpaired) electrons. The van der Waals surface area contributed by atoms with Gasteiger partial charge in [0.25, 0.3) is 5.91 Å². The minimum Gasteiger partial charge on any atom is -0.449 e. The van der Waals surface area contributed by atoms with Gasteiger partial charge in [0.1, 0.15) is 0 Å². The van der Waals surface area contributed by atoms with Gasteiger partial charge in [-0.05, 0) is 56.2 Å². The smallest absolute Gasteiger partial charge is 0.338 e. The van der Waals surface area contributed by atoms with Crippen LogP contribution in [0.1, 0.15) is 48.7 Å². The van der Waals surface area contributed by atoms with Gasteiger partial charge in [-0.2, -0.15) is 0 Å². The molecule has 2 aromatic rings. The quantitative estimate of drug-likeness (QED) is 0.657. The lowest BCUT2D eigenvalue weighted by atomic mass is 10.1. The van der Waals surface area contributed by atoms with E-state index in [0.29, 0.717) is 34.3 Å². The molecule has 1 aliphatic rings. The standard InChI is InChI=1S/C22H22Cl2N2O4/c1-13(18-9-8-16(23)12-19(18)24)25-21(28)14(2)30-22(29)15-5-3-6-17(11-15)26-10-4-7-20(26)27/h3,5-6,8-9,11-14H,4,7,10H2,1-2H3,(H,25,28). The van der Waals surface area contributed by atoms with Crippen LogP contribution >= 0.6 is 23.2 Å². The van der Waals surface area contributed by atoms with Gasteiger partial charge < -0.3 is 15.0 Å². The van der Waals surface area contributed by atoms with Gasteiger partial charge in [0.15, 0.2) is 6.10 Å². The van der Waals surface area contributed by atoms with Gasteiger partial charge in [0.05, 0.1) is 11.6 Å². The number of halogens is 2. The molecule has 2 amide bonds. The summed E-state index contributed by atoms with van der Waals surface area (Å²) in [4.78, 5) is 38.6. The molecule has 0 aromatic heterocycles. The van der Waals surface area contributed by atoms with Crippen LogP contribution in [0.3, 0.4) is 0 Å². The van der Waals surface area contributed by atoms with Crippen molar-refractivity contribution in [3.05, 3.63) is 63.6 Å². The molecule has 1 fully saturated rings. The Morgan fingerprint density at radius 1 is 1.13 bits per heavy atom. The zero-order chi connectivity index (χ0) is 21.8. The molecule has 0 bridgehead atoms. The number of esters is 1. The average Bonchev–Trinajstić information content (AvgIpc) is 3.13. The van der Waals surface area contributed by atoms with Crippen LogP contribution in [0.25, 0.3) is 0 Å². The molecule has 2 aromatic carbocycles. The summed E-state index contributed by atoms with van der Waals surface area (Å²) in [6.07, 6.45) is 0.283. The maximum absolute atomic E-state index is 12.5. The Morgan fingerprint density at radius 2 is 1.90 bits per heavy atom. The highest BCUT2D eigenvalue weighted by Crippen LogP contribution is 2.26. The van der Waals surface area contributed by atoms with Gasteiger partial charge in [0, 0.05) is 28.7 Å². The highest BCUT2D eigenvalue weighted by Gasteiger charge is 2.24. The summed E-state index contributed by atoms with van der Waals surface area (Å²) in [5, 5.41) is 3.72. The third kappa shape index (κ3) is 5.12. The Morgan fingerprint density at radius 3 is 2.57 bits per heavy atom. The highest BCUT2D eigenvalue weighted by molar-refractivity contribution is 6.35. The molecule has 8 heteroatoms. The summed E-state index contributed by atoms with van der Waals surface area (Å²) in [7, 11) is 0. The van der Waals surface area contributed by atoms with Crippen molar-refractivity contribution in [3.8, 4) is 0 Å². The van der Waals surface area contributed by atoms with Crippen molar-refractivity contribution in [1.82, 2.24) is 5.32 Å². The van der Waals surface area contributed by atoms with Crippen LogP contribution in [-0.4, -0.2) is 30.4 Å². The van der Waals surface area contributed by atoms with Crippen LogP contribution in [0.2, 0.25) is 10.0 Å². The normalized spacial score (nSPS) is 15.6. The van der Waals surface area contributed by atoms with E-state index in [1.807, 2.05) is 0 Å². The Bertz CT molecular complexity index is 979. The number of ether oxygens (including phenoxy) is 1. The number of nitrogens with zero attached hydrogens (tertiary/aromatic N) is 1. The molecule has 2 unspecified atom stereocenters. The predicted octanol–water partition coefficient (Wildman–Crippen LogP) is 4.54. The van der Waals surface area contributed by atoms with E-state index in [0.717, 1.165) is 6.42 Å². The van der Waals surface area contributed by atoms with Crippen LogP contribution in [0.15, 0.2) is 42.5 Å². The number of carbonyl (C=O) groups excluding carboxylic acids is 3. The maximum atomic E-state index is 12.5. The second-order valence-corrected chi connectivity index (χ2v) is 7.99. The molecule has 1 saturated heterocycles. The summed E-state index contributed by atoms with van der Waals surface area (Å²) >= 11 is 12.1. The third-order valence-corrected chi connectivity index (χ3v) is 5.47. The Kier molecular flexibility index (Phi) is 7.00. The number of amides is 2. The highest BCUT2D eigenvalue weighted by atomic mass is 35.5. The minimum absolute atomic E-state index is 0.0307. The Hall–Kier alpha value is -2.57. The Balaban J connectivity index is 1.62. The lowest BCUT2D eigenvalue weighted by Gasteiger charge is -2.20. The van der Waals surface area contributed by atoms with Crippen molar-refractivity contribution in [2.75, 3.05) is 11.4 Å². The third-order valence-electron chi connectivity index (χ3n) is 4.91. The van der Waals surface area contributed by atoms with Crippen molar-refractivity contribution < 1.29 is 19.1 Å². The number of hydrogen-bond acceptors (Lipinski definition) is 4. The first kappa shape index (κ1) is 22.1. The molecule has 0 spiro atoms. The first-order valence-electron chi connectivity index (χ1n) is 9.63. The molecule has 1 heterocycles. The van der Waals surface area contributed by atoms with Crippen molar-refractivity contribution in [2.24, 2.45) is 0 Å². The van der Waals surface area contributed by atoms with Crippen molar-refractivity contribution in [2.45, 2.75) is 38.8 Å². The van der Waals surface area contributed by atoms with Gasteiger partial charge >= 0.3 is 5.97 Å². The van der Waals surface area contributed by atoms with E-state index in [2.05, 4.69) is 5.32 Å². The second kappa shape index (κ2) is 9.49. The number of rotatable bonds is 6. The van der Waals surface area contributed by atoms with E-state index in [1.165, 1.54) is 6.92 Å². The van der Waals surface area contributed by atoms with E-state index < -0.39 is 24.0 Å². The molecule has 30 heavy (non-hydrogen) atoms. The first-order chi connectivity index (χ1) is 14.3. The fourth-order valence-electron chi connectivity index (χ4n) is 3.27. The molecule has 158 valence electrons. The Labute approximate surface area is 185 Å². The second-order valence-electron chi connectivity index (χ2n) is 7.14. The maximum Gasteiger partial charge on any atom is 0.338 e. The van der Waals surface area contributed by atoms with Crippen LogP contribution in [0, 0.1) is 0 Å². The summed E-state index contributed by atoms with van der Waals surface area (Å²) < 4.78 is 5.32. The van der Waals surface area contributed by atoms with Crippen molar-refractivity contribution in [1.29, 1.82) is 0 Å². The van der Waals surface area contributed by atoms with Gasteiger partial charge in [-0.25, -0.2) is 4.79 Å². The van der Waals surface area contributed by atoms with Gasteiger partial charge in [-0.3, -0.25) is 9.59 Å². The number of benzene rings is 2. The summed E-state index contributed by atoms with van der Waals surface area (Å²) in [6, 6.07) is 11.3. The van der Waals surface area contributed by atoms with Gasteiger partial charge in [-0.15, -0.1) is 0 Å². The summed E-state index contributed by atoms with van der Waals surface area (Å²) in [5.74, 6) is -1.06. The minimum atomic E-state index is -1.01. The molecule has 1 aliphatic heterocycles. The molecule has 2 atom stereocenters. The lowest BCUT2D eigenvalue weighted by molar-refractivity contribution is -0.129. The van der Waals surface area contributed by atoms with E-state index in [-0.39, 0.29) is 11.5 Å². The van der Waals surface area contributed by atoms with E-state index >= 15 is 0 Å². The summed E-state index contributed by atoms with van der Waals surface area (Å²) in [5.41, 5.74) is 1.63. The van der Waals surface area contributed by atoms with Crippen molar-refractivity contribution >= 4 is 46.7 Å². The zero-order valence-corrected chi connectivity index (χ0v) is 18.2. The fourth-order valence-corrected chi connectivity index (χ4v) is 3.84. The lowest BCUT2D eigenvalue weighted by Crippen LogP contribution is -2.37. The number of nitrogens with one attached hydrogen (secondary N) is 1. The zero-order valence-electron chi connectivity index (χ0n) is 16.7. The molecular formula is C22H22Cl2N2O4. The fraction of sp³-hybridized carbons (Fsp3) is 0.318. The van der Waals surface area contributed by atoms with Crippen LogP contribution in [0.4, 0.5) is 5.69 Å². The molecular weight excluding hydrogens is 427 g/mol. The largest absolute Gasteiger partial charge is 0.449 e. The number of carbonyl (C=O) groups is 3. The van der Waals surface area contributed by atoms with Crippen molar-refractivity contribution in [3.63, 3.8) is 0 Å². The topological polar surface area (TPSA) is 75.7 Å². The molecule has 0 aliphatic carbocycles. The van der Waals surface area contributed by atoms with E-state index in [4.69, 9.17) is 27.9 Å².